The molecule has 2 aliphatic carbocycles. The molecular formula is C20H35Cl2GeHf. The van der Waals surface area contributed by atoms with E-state index in [1.807, 2.05) is 6.66 Å². The summed E-state index contributed by atoms with van der Waals surface area (Å²) >= 11 is -1.80. The first-order valence-corrected chi connectivity index (χ1v) is 29.1. The zero-order valence-electron chi connectivity index (χ0n) is 16.6. The van der Waals surface area contributed by atoms with Gasteiger partial charge in [-0.2, -0.15) is 0 Å². The molecule has 0 aromatic heterocycles. The third-order valence-corrected chi connectivity index (χ3v) is 48.7. The van der Waals surface area contributed by atoms with Gasteiger partial charge in [0.15, 0.2) is 0 Å². The maximum absolute atomic E-state index is 2.67. The first-order valence-electron chi connectivity index (χ1n) is 8.71. The first-order chi connectivity index (χ1) is 10.0. The van der Waals surface area contributed by atoms with Crippen molar-refractivity contribution in [3.8, 4) is 0 Å². The molecule has 0 nitrogen and oxygen atoms in total. The summed E-state index contributed by atoms with van der Waals surface area (Å²) < 4.78 is 3.93. The van der Waals surface area contributed by atoms with E-state index in [1.54, 1.807) is 11.1 Å². The molecule has 0 fully saturated rings. The normalized spacial score (nSPS) is 17.5. The molecule has 0 radical (unpaired) electrons. The molecule has 0 saturated heterocycles. The van der Waals surface area contributed by atoms with Crippen LogP contribution in [0.5, 0.6) is 0 Å². The number of hydrogen-bond donors (Lipinski definition) is 0. The Balaban J connectivity index is 0.00000264. The van der Waals surface area contributed by atoms with Gasteiger partial charge in [0.1, 0.15) is 0 Å². The van der Waals surface area contributed by atoms with E-state index in [2.05, 4.69) is 77.4 Å². The SMILES string of the molecule is Cl.Cl.[CH3][GeH]([CH3])[Hf]([C]1=C(C(C)(C)C)C=CC1)[C]1=C(C(C)(C)C)C=CC1. The molecule has 0 saturated carbocycles. The van der Waals surface area contributed by atoms with Crippen LogP contribution in [0.1, 0.15) is 54.4 Å². The van der Waals surface area contributed by atoms with Gasteiger partial charge in [0, 0.05) is 0 Å². The van der Waals surface area contributed by atoms with Crippen LogP contribution in [0.2, 0.25) is 11.5 Å². The molecule has 0 aromatic carbocycles. The van der Waals surface area contributed by atoms with Crippen molar-refractivity contribution >= 4 is 35.5 Å². The fourth-order valence-electron chi connectivity index (χ4n) is 3.80. The zero-order chi connectivity index (χ0) is 16.7. The summed E-state index contributed by atoms with van der Waals surface area (Å²) in [5.74, 6) is 5.35. The van der Waals surface area contributed by atoms with Gasteiger partial charge in [-0.05, 0) is 0 Å². The summed E-state index contributed by atoms with van der Waals surface area (Å²) in [5.41, 5.74) is 4.07. The molecule has 4 heteroatoms. The van der Waals surface area contributed by atoms with Gasteiger partial charge in [-0.25, -0.2) is 0 Å². The van der Waals surface area contributed by atoms with Gasteiger partial charge in [-0.1, -0.05) is 0 Å². The standard InChI is InChI=1S/2C9H13.C2H7Ge.2ClH.Hf/c2*1-9(2,3)8-6-4-5-7-8;1-3-2;;;/h2*4,6H,5H2,1-3H3;3H,1-2H3;2*1H;. The summed E-state index contributed by atoms with van der Waals surface area (Å²) in [6.45, 7) is 14.4. The topological polar surface area (TPSA) is 0 Å². The number of hydrogen-bond acceptors (Lipinski definition) is 0. The fourth-order valence-corrected chi connectivity index (χ4v) is 51.3. The molecule has 0 aliphatic heterocycles. The van der Waals surface area contributed by atoms with Crippen LogP contribution in [0.4, 0.5) is 0 Å². The molecule has 0 heterocycles. The maximum atomic E-state index is 2.67. The fraction of sp³-hybridized carbons (Fsp3) is 0.600. The molecule has 2 aliphatic rings. The molecule has 24 heavy (non-hydrogen) atoms. The number of rotatable bonds is 3. The van der Waals surface area contributed by atoms with Crippen LogP contribution in [-0.2, 0) is 19.0 Å². The van der Waals surface area contributed by atoms with Crippen molar-refractivity contribution in [2.45, 2.75) is 65.9 Å². The van der Waals surface area contributed by atoms with Crippen molar-refractivity contribution in [1.29, 1.82) is 0 Å². The van der Waals surface area contributed by atoms with E-state index in [0.717, 1.165) is 0 Å². The van der Waals surface area contributed by atoms with Gasteiger partial charge in [0.2, 0.25) is 0 Å². The van der Waals surface area contributed by atoms with Gasteiger partial charge in [-0.3, -0.25) is 0 Å². The van der Waals surface area contributed by atoms with Gasteiger partial charge in [0.05, 0.1) is 0 Å². The molecule has 0 amide bonds. The number of allylic oxidation sites excluding steroid dienone is 8. The second kappa shape index (κ2) is 9.24. The third-order valence-electron chi connectivity index (χ3n) is 4.71. The van der Waals surface area contributed by atoms with Crippen molar-refractivity contribution in [1.82, 2.24) is 0 Å². The Hall–Kier alpha value is 0.953. The zero-order valence-corrected chi connectivity index (χ0v) is 24.3. The second-order valence-electron chi connectivity index (χ2n) is 9.07. The van der Waals surface area contributed by atoms with Crippen LogP contribution in [0, 0.1) is 10.8 Å². The molecule has 0 aromatic rings. The van der Waals surface area contributed by atoms with E-state index in [9.17, 15) is 0 Å². The average molecular weight is 598 g/mol. The average Bonchev–Trinajstić information content (AvgIpc) is 2.95. The van der Waals surface area contributed by atoms with E-state index in [-0.39, 0.29) is 24.8 Å². The monoisotopic (exact) mass is 599 g/mol. The van der Waals surface area contributed by atoms with Crippen LogP contribution < -0.4 is 0 Å². The molecular weight excluding hydrogens is 562 g/mol. The Morgan fingerprint density at radius 2 is 1.08 bits per heavy atom. The first kappa shape index (κ1) is 25.0. The molecule has 0 unspecified atom stereocenters. The van der Waals surface area contributed by atoms with Crippen molar-refractivity contribution in [3.63, 3.8) is 0 Å². The van der Waals surface area contributed by atoms with Crippen LogP contribution in [0.15, 0.2) is 42.1 Å². The van der Waals surface area contributed by atoms with Crippen LogP contribution in [0.3, 0.4) is 0 Å². The van der Waals surface area contributed by atoms with E-state index in [1.165, 1.54) is 12.8 Å². The van der Waals surface area contributed by atoms with Crippen LogP contribution >= 0.6 is 24.8 Å². The summed E-state index contributed by atoms with van der Waals surface area (Å²) in [7, 11) is -1.11. The Kier molecular flexibility index (Phi) is 9.61. The molecule has 0 atom stereocenters. The van der Waals surface area contributed by atoms with E-state index in [0.29, 0.717) is 10.8 Å². The Morgan fingerprint density at radius 3 is 1.33 bits per heavy atom. The van der Waals surface area contributed by atoms with Crippen LogP contribution in [-0.4, -0.2) is 10.6 Å². The van der Waals surface area contributed by atoms with Gasteiger partial charge >= 0.3 is 148 Å². The minimum atomic E-state index is -1.80. The van der Waals surface area contributed by atoms with E-state index < -0.39 is 29.6 Å². The van der Waals surface area contributed by atoms with Crippen molar-refractivity contribution < 1.29 is 19.0 Å². The van der Waals surface area contributed by atoms with E-state index in [4.69, 9.17) is 0 Å². The molecule has 0 N–H and O–H groups in total. The summed E-state index contributed by atoms with van der Waals surface area (Å²) in [6.07, 6.45) is 12.4. The predicted molar refractivity (Wildman–Crippen MR) is 114 cm³/mol. The van der Waals surface area contributed by atoms with Gasteiger partial charge < -0.3 is 0 Å². The Bertz CT molecular complexity index is 521. The molecule has 0 spiro atoms. The van der Waals surface area contributed by atoms with Crippen LogP contribution in [0.25, 0.3) is 0 Å². The quantitative estimate of drug-likeness (QED) is 0.309. The molecule has 2 rings (SSSR count). The molecule has 0 bridgehead atoms. The van der Waals surface area contributed by atoms with Crippen molar-refractivity contribution in [2.75, 3.05) is 0 Å². The molecule has 137 valence electrons. The van der Waals surface area contributed by atoms with E-state index >= 15 is 0 Å². The Labute approximate surface area is 172 Å². The third kappa shape index (κ3) is 5.47. The number of halogens is 2. The minimum absolute atomic E-state index is 0. The predicted octanol–water partition coefficient (Wildman–Crippen LogP) is 6.95. The van der Waals surface area contributed by atoms with Crippen molar-refractivity contribution in [3.05, 3.63) is 42.1 Å². The van der Waals surface area contributed by atoms with Gasteiger partial charge in [-0.15, -0.1) is 24.8 Å². The Morgan fingerprint density at radius 1 is 0.750 bits per heavy atom. The second-order valence-corrected chi connectivity index (χ2v) is 52.7. The summed E-state index contributed by atoms with van der Waals surface area (Å²) in [5, 5.41) is 0. The van der Waals surface area contributed by atoms with Gasteiger partial charge in [0.25, 0.3) is 0 Å². The summed E-state index contributed by atoms with van der Waals surface area (Å²) in [4.78, 5) is 0. The summed E-state index contributed by atoms with van der Waals surface area (Å²) in [6, 6.07) is 0. The van der Waals surface area contributed by atoms with Crippen molar-refractivity contribution in [2.24, 2.45) is 10.8 Å².